The highest BCUT2D eigenvalue weighted by molar-refractivity contribution is 5.97. The van der Waals surface area contributed by atoms with E-state index in [9.17, 15) is 14.4 Å². The molecule has 0 atom stereocenters. The van der Waals surface area contributed by atoms with E-state index < -0.39 is 0 Å². The van der Waals surface area contributed by atoms with E-state index >= 15 is 0 Å². The van der Waals surface area contributed by atoms with Gasteiger partial charge in [0.05, 0.1) is 13.7 Å². The Morgan fingerprint density at radius 2 is 1.93 bits per heavy atom. The number of likely N-dealkylation sites (tertiary alicyclic amines) is 1. The van der Waals surface area contributed by atoms with Crippen molar-refractivity contribution in [2.45, 2.75) is 32.1 Å². The monoisotopic (exact) mass is 397 g/mol. The van der Waals surface area contributed by atoms with Gasteiger partial charge >= 0.3 is 0 Å². The van der Waals surface area contributed by atoms with Crippen molar-refractivity contribution in [3.63, 3.8) is 0 Å². The van der Waals surface area contributed by atoms with Crippen LogP contribution in [0.15, 0.2) is 36.4 Å². The lowest BCUT2D eigenvalue weighted by molar-refractivity contribution is -0.135. The van der Waals surface area contributed by atoms with Crippen LogP contribution in [0.3, 0.4) is 0 Å². The van der Waals surface area contributed by atoms with Crippen LogP contribution in [-0.2, 0) is 14.4 Å². The lowest BCUT2D eigenvalue weighted by Crippen LogP contribution is -2.41. The van der Waals surface area contributed by atoms with Crippen molar-refractivity contribution in [3.05, 3.63) is 36.4 Å². The number of carbonyl (C=O) groups is 3. The first-order chi connectivity index (χ1) is 14.1. The Kier molecular flexibility index (Phi) is 7.05. The van der Waals surface area contributed by atoms with Gasteiger partial charge in [-0.3, -0.25) is 14.4 Å². The molecule has 1 fully saturated rings. The zero-order valence-corrected chi connectivity index (χ0v) is 16.7. The molecule has 1 aliphatic rings. The van der Waals surface area contributed by atoms with E-state index in [1.54, 1.807) is 18.1 Å². The fraction of sp³-hybridized carbons (Fsp3) is 0.409. The molecule has 0 bridgehead atoms. The van der Waals surface area contributed by atoms with Crippen molar-refractivity contribution >= 4 is 34.2 Å². The van der Waals surface area contributed by atoms with Gasteiger partial charge in [0.1, 0.15) is 5.75 Å². The molecule has 29 heavy (non-hydrogen) atoms. The Morgan fingerprint density at radius 3 is 2.76 bits per heavy atom. The van der Waals surface area contributed by atoms with E-state index in [1.165, 1.54) is 0 Å². The average molecular weight is 397 g/mol. The number of anilines is 1. The number of amides is 3. The summed E-state index contributed by atoms with van der Waals surface area (Å²) in [6.45, 7) is 0.899. The first-order valence-electron chi connectivity index (χ1n) is 9.98. The number of ether oxygens (including phenoxy) is 1. The quantitative estimate of drug-likeness (QED) is 0.752. The molecule has 0 aromatic heterocycles. The van der Waals surface area contributed by atoms with E-state index in [1.807, 2.05) is 30.3 Å². The van der Waals surface area contributed by atoms with Crippen molar-refractivity contribution in [3.8, 4) is 5.75 Å². The minimum Gasteiger partial charge on any atom is -0.496 e. The molecule has 154 valence electrons. The van der Waals surface area contributed by atoms with Gasteiger partial charge in [-0.15, -0.1) is 0 Å². The van der Waals surface area contributed by atoms with Gasteiger partial charge in [0.2, 0.25) is 17.7 Å². The Bertz CT molecular complexity index is 897. The maximum Gasteiger partial charge on any atom is 0.239 e. The first-order valence-corrected chi connectivity index (χ1v) is 9.98. The van der Waals surface area contributed by atoms with E-state index in [0.29, 0.717) is 24.4 Å². The molecule has 3 amide bonds. The summed E-state index contributed by atoms with van der Waals surface area (Å²) in [6, 6.07) is 11.5. The number of nitrogens with one attached hydrogen (secondary N) is 2. The Balaban J connectivity index is 1.48. The van der Waals surface area contributed by atoms with Crippen molar-refractivity contribution in [2.24, 2.45) is 0 Å². The fourth-order valence-corrected chi connectivity index (χ4v) is 3.49. The number of methoxy groups -OCH3 is 1. The third-order valence-corrected chi connectivity index (χ3v) is 5.01. The molecule has 1 heterocycles. The zero-order chi connectivity index (χ0) is 20.6. The second kappa shape index (κ2) is 9.91. The molecule has 0 aliphatic carbocycles. The van der Waals surface area contributed by atoms with Crippen LogP contribution >= 0.6 is 0 Å². The smallest absolute Gasteiger partial charge is 0.239 e. The van der Waals surface area contributed by atoms with Crippen LogP contribution in [-0.4, -0.2) is 49.4 Å². The molecule has 0 unspecified atom stereocenters. The normalized spacial score (nSPS) is 14.4. The van der Waals surface area contributed by atoms with Crippen LogP contribution in [0.4, 0.5) is 5.69 Å². The van der Waals surface area contributed by atoms with Gasteiger partial charge in [-0.25, -0.2) is 0 Å². The SMILES string of the molecule is COc1cc(NC(=O)CCNC(=O)CN2CCCCCC2=O)cc2ccccc12. The highest BCUT2D eigenvalue weighted by Gasteiger charge is 2.19. The number of hydrogen-bond donors (Lipinski definition) is 2. The standard InChI is InChI=1S/C22H27N3O4/c1-29-19-14-17(13-16-7-4-5-8-18(16)19)24-20(26)10-11-23-21(27)15-25-12-6-2-3-9-22(25)28/h4-5,7-8,13-14H,2-3,6,9-12,15H2,1H3,(H,23,27)(H,24,26). The molecule has 2 aromatic rings. The molecule has 1 aliphatic heterocycles. The second-order valence-electron chi connectivity index (χ2n) is 7.17. The molecule has 0 radical (unpaired) electrons. The van der Waals surface area contributed by atoms with Gasteiger partial charge in [-0.1, -0.05) is 30.7 Å². The van der Waals surface area contributed by atoms with Crippen LogP contribution < -0.4 is 15.4 Å². The van der Waals surface area contributed by atoms with Crippen molar-refractivity contribution in [2.75, 3.05) is 32.1 Å². The van der Waals surface area contributed by atoms with Crippen LogP contribution in [0.1, 0.15) is 32.1 Å². The molecule has 0 saturated carbocycles. The van der Waals surface area contributed by atoms with E-state index in [4.69, 9.17) is 4.74 Å². The summed E-state index contributed by atoms with van der Waals surface area (Å²) in [4.78, 5) is 37.9. The van der Waals surface area contributed by atoms with E-state index in [0.717, 1.165) is 30.0 Å². The predicted molar refractivity (Wildman–Crippen MR) is 112 cm³/mol. The Hall–Kier alpha value is -3.09. The zero-order valence-electron chi connectivity index (χ0n) is 16.7. The number of fused-ring (bicyclic) bond motifs is 1. The molecule has 0 spiro atoms. The third kappa shape index (κ3) is 5.70. The van der Waals surface area contributed by atoms with Crippen LogP contribution in [0.2, 0.25) is 0 Å². The topological polar surface area (TPSA) is 87.7 Å². The highest BCUT2D eigenvalue weighted by Crippen LogP contribution is 2.29. The predicted octanol–water partition coefficient (Wildman–Crippen LogP) is 2.70. The van der Waals surface area contributed by atoms with Crippen LogP contribution in [0.25, 0.3) is 10.8 Å². The fourth-order valence-electron chi connectivity index (χ4n) is 3.49. The van der Waals surface area contributed by atoms with Gasteiger partial charge in [0.25, 0.3) is 0 Å². The van der Waals surface area contributed by atoms with E-state index in [-0.39, 0.29) is 37.2 Å². The summed E-state index contributed by atoms with van der Waals surface area (Å²) < 4.78 is 5.41. The van der Waals surface area contributed by atoms with Gasteiger partial charge in [0, 0.05) is 43.1 Å². The van der Waals surface area contributed by atoms with Gasteiger partial charge in [0.15, 0.2) is 0 Å². The maximum absolute atomic E-state index is 12.2. The average Bonchev–Trinajstić information content (AvgIpc) is 2.91. The summed E-state index contributed by atoms with van der Waals surface area (Å²) >= 11 is 0. The van der Waals surface area contributed by atoms with E-state index in [2.05, 4.69) is 10.6 Å². The van der Waals surface area contributed by atoms with Gasteiger partial charge < -0.3 is 20.3 Å². The lowest BCUT2D eigenvalue weighted by atomic mass is 10.1. The summed E-state index contributed by atoms with van der Waals surface area (Å²) in [5, 5.41) is 7.51. The minimum atomic E-state index is -0.236. The van der Waals surface area contributed by atoms with Gasteiger partial charge in [-0.2, -0.15) is 0 Å². The Morgan fingerprint density at radius 1 is 1.10 bits per heavy atom. The highest BCUT2D eigenvalue weighted by atomic mass is 16.5. The number of benzene rings is 2. The third-order valence-electron chi connectivity index (χ3n) is 5.01. The molecule has 7 nitrogen and oxygen atoms in total. The van der Waals surface area contributed by atoms with Crippen molar-refractivity contribution < 1.29 is 19.1 Å². The molecule has 7 heteroatoms. The number of nitrogens with zero attached hydrogens (tertiary/aromatic N) is 1. The van der Waals surface area contributed by atoms with Crippen molar-refractivity contribution in [1.82, 2.24) is 10.2 Å². The summed E-state index contributed by atoms with van der Waals surface area (Å²) in [7, 11) is 1.60. The lowest BCUT2D eigenvalue weighted by Gasteiger charge is -2.19. The summed E-state index contributed by atoms with van der Waals surface area (Å²) in [5.41, 5.74) is 0.645. The van der Waals surface area contributed by atoms with Crippen molar-refractivity contribution in [1.29, 1.82) is 0 Å². The maximum atomic E-state index is 12.2. The molecule has 1 saturated heterocycles. The minimum absolute atomic E-state index is 0.0284. The number of hydrogen-bond acceptors (Lipinski definition) is 4. The Labute approximate surface area is 170 Å². The van der Waals surface area contributed by atoms with Crippen LogP contribution in [0, 0.1) is 0 Å². The molecular formula is C22H27N3O4. The largest absolute Gasteiger partial charge is 0.496 e. The van der Waals surface area contributed by atoms with Crippen LogP contribution in [0.5, 0.6) is 5.75 Å². The molecule has 3 rings (SSSR count). The van der Waals surface area contributed by atoms with Gasteiger partial charge in [-0.05, 0) is 24.3 Å². The summed E-state index contributed by atoms with van der Waals surface area (Å²) in [5.74, 6) is 0.281. The second-order valence-corrected chi connectivity index (χ2v) is 7.17. The first kappa shape index (κ1) is 20.6. The molecule has 2 N–H and O–H groups in total. The number of carbonyl (C=O) groups excluding carboxylic acids is 3. The molecule has 2 aromatic carbocycles. The molecular weight excluding hydrogens is 370 g/mol. The number of rotatable bonds is 7. The summed E-state index contributed by atoms with van der Waals surface area (Å²) in [6.07, 6.45) is 3.48.